The van der Waals surface area contributed by atoms with Crippen LogP contribution in [0.5, 0.6) is 0 Å². The van der Waals surface area contributed by atoms with Crippen LogP contribution in [-0.4, -0.2) is 24.4 Å². The molecule has 0 aromatic heterocycles. The van der Waals surface area contributed by atoms with E-state index in [2.05, 4.69) is 0 Å². The van der Waals surface area contributed by atoms with E-state index in [1.807, 2.05) is 0 Å². The van der Waals surface area contributed by atoms with E-state index in [0.717, 1.165) is 19.1 Å². The van der Waals surface area contributed by atoms with Gasteiger partial charge < -0.3 is 4.74 Å². The maximum absolute atomic E-state index is 13.1. The summed E-state index contributed by atoms with van der Waals surface area (Å²) >= 11 is 0. The molecule has 3 atom stereocenters. The molecular weight excluding hydrogens is 354 g/mol. The van der Waals surface area contributed by atoms with E-state index in [-0.39, 0.29) is 0 Å². The van der Waals surface area contributed by atoms with Crippen LogP contribution >= 0.6 is 0 Å². The molecule has 1 aromatic carbocycles. The van der Waals surface area contributed by atoms with Gasteiger partial charge in [0.1, 0.15) is 6.10 Å². The topological polar surface area (TPSA) is 53.3 Å². The Morgan fingerprint density at radius 3 is 2.32 bits per heavy atom. The fourth-order valence-electron chi connectivity index (χ4n) is 2.73. The number of ether oxygens (including phenoxy) is 1. The lowest BCUT2D eigenvalue weighted by molar-refractivity contribution is -0.177. The minimum absolute atomic E-state index is 0.415. The molecule has 0 aliphatic carbocycles. The van der Waals surface area contributed by atoms with Gasteiger partial charge in [0.05, 0.1) is 29.2 Å². The number of amides is 1. The van der Waals surface area contributed by atoms with Gasteiger partial charge in [-0.05, 0) is 25.1 Å². The van der Waals surface area contributed by atoms with Gasteiger partial charge in [-0.15, -0.1) is 0 Å². The van der Waals surface area contributed by atoms with E-state index >= 15 is 0 Å². The number of benzene rings is 1. The summed E-state index contributed by atoms with van der Waals surface area (Å²) in [6.45, 7) is 2.06. The number of carbonyl (C=O) groups excluding carboxylic acids is 1. The number of alkyl halides is 6. The van der Waals surface area contributed by atoms with Crippen molar-refractivity contribution < 1.29 is 35.9 Å². The molecule has 1 aliphatic rings. The third-order valence-corrected chi connectivity index (χ3v) is 4.00. The second kappa shape index (κ2) is 6.13. The van der Waals surface area contributed by atoms with Gasteiger partial charge in [0.25, 0.3) is 0 Å². The Labute approximate surface area is 138 Å². The van der Waals surface area contributed by atoms with E-state index in [1.165, 1.54) is 13.0 Å². The Morgan fingerprint density at radius 1 is 1.24 bits per heavy atom. The van der Waals surface area contributed by atoms with Gasteiger partial charge in [-0.1, -0.05) is 6.92 Å². The minimum atomic E-state index is -4.90. The molecule has 1 aliphatic heterocycles. The molecule has 2 rings (SSSR count). The minimum Gasteiger partial charge on any atom is -0.444 e. The monoisotopic (exact) mass is 366 g/mol. The number of anilines is 1. The van der Waals surface area contributed by atoms with Crippen molar-refractivity contribution in [1.29, 1.82) is 5.26 Å². The molecule has 1 amide bonds. The lowest BCUT2D eigenvalue weighted by atomic mass is 9.95. The highest BCUT2D eigenvalue weighted by atomic mass is 19.4. The van der Waals surface area contributed by atoms with E-state index in [1.54, 1.807) is 0 Å². The molecule has 25 heavy (non-hydrogen) atoms. The van der Waals surface area contributed by atoms with Crippen LogP contribution in [0.1, 0.15) is 25.0 Å². The number of cyclic esters (lactones) is 1. The molecule has 1 heterocycles. The largest absolute Gasteiger partial charge is 0.444 e. The number of hydrogen-bond donors (Lipinski definition) is 0. The molecule has 136 valence electrons. The Kier molecular flexibility index (Phi) is 4.63. The van der Waals surface area contributed by atoms with Crippen molar-refractivity contribution in [3.63, 3.8) is 0 Å². The molecule has 1 unspecified atom stereocenters. The van der Waals surface area contributed by atoms with Crippen molar-refractivity contribution in [3.8, 4) is 6.07 Å². The van der Waals surface area contributed by atoms with Crippen LogP contribution in [0.4, 0.5) is 36.8 Å². The summed E-state index contributed by atoms with van der Waals surface area (Å²) in [6, 6.07) is 2.12. The van der Waals surface area contributed by atoms with E-state index < -0.39 is 53.3 Å². The summed E-state index contributed by atoms with van der Waals surface area (Å²) in [5, 5.41) is 8.77. The zero-order valence-corrected chi connectivity index (χ0v) is 12.9. The van der Waals surface area contributed by atoms with Crippen LogP contribution in [0, 0.1) is 17.2 Å². The standard InChI is InChI=1S/C15H12F6N2O2/c1-7(14(16,17)18)12-8(2)25-13(24)23(12)10-4-3-9(6-22)11(5-10)15(19,20)21/h3-5,7-8,12H,1-2H3/t7?,8-,12-/m0/s1. The molecule has 4 nitrogen and oxygen atoms in total. The van der Waals surface area contributed by atoms with Crippen molar-refractivity contribution in [2.24, 2.45) is 5.92 Å². The van der Waals surface area contributed by atoms with Gasteiger partial charge in [0.15, 0.2) is 0 Å². The van der Waals surface area contributed by atoms with Crippen LogP contribution in [0.3, 0.4) is 0 Å². The first-order valence-corrected chi connectivity index (χ1v) is 7.05. The van der Waals surface area contributed by atoms with Crippen molar-refractivity contribution in [2.45, 2.75) is 38.3 Å². The van der Waals surface area contributed by atoms with Crippen LogP contribution < -0.4 is 4.90 Å². The molecule has 10 heteroatoms. The predicted molar refractivity (Wildman–Crippen MR) is 73.6 cm³/mol. The van der Waals surface area contributed by atoms with E-state index in [4.69, 9.17) is 10.00 Å². The molecule has 0 saturated carbocycles. The van der Waals surface area contributed by atoms with Gasteiger partial charge in [-0.3, -0.25) is 4.90 Å². The zero-order chi connectivity index (χ0) is 19.2. The van der Waals surface area contributed by atoms with Gasteiger partial charge in [-0.2, -0.15) is 31.6 Å². The number of nitriles is 1. The molecule has 0 spiro atoms. The second-order valence-corrected chi connectivity index (χ2v) is 5.62. The van der Waals surface area contributed by atoms with Gasteiger partial charge in [0.2, 0.25) is 0 Å². The smallest absolute Gasteiger partial charge is 0.417 e. The highest BCUT2D eigenvalue weighted by Crippen LogP contribution is 2.40. The third-order valence-electron chi connectivity index (χ3n) is 4.00. The summed E-state index contributed by atoms with van der Waals surface area (Å²) in [7, 11) is 0. The van der Waals surface area contributed by atoms with Crippen molar-refractivity contribution >= 4 is 11.8 Å². The summed E-state index contributed by atoms with van der Waals surface area (Å²) < 4.78 is 83.1. The average Bonchev–Trinajstić information content (AvgIpc) is 2.78. The molecular formula is C15H12F6N2O2. The van der Waals surface area contributed by atoms with Crippen LogP contribution in [0.25, 0.3) is 0 Å². The fourth-order valence-corrected chi connectivity index (χ4v) is 2.73. The predicted octanol–water partition coefficient (Wildman–Crippen LogP) is 4.49. The summed E-state index contributed by atoms with van der Waals surface area (Å²) in [5.74, 6) is -2.03. The summed E-state index contributed by atoms with van der Waals surface area (Å²) in [6.07, 6.45) is -11.9. The Bertz CT molecular complexity index is 722. The lowest BCUT2D eigenvalue weighted by Gasteiger charge is -2.30. The number of nitrogens with zero attached hydrogens (tertiary/aromatic N) is 2. The van der Waals surface area contributed by atoms with Crippen LogP contribution in [-0.2, 0) is 10.9 Å². The van der Waals surface area contributed by atoms with E-state index in [0.29, 0.717) is 11.0 Å². The highest BCUT2D eigenvalue weighted by Gasteiger charge is 2.52. The quantitative estimate of drug-likeness (QED) is 0.725. The summed E-state index contributed by atoms with van der Waals surface area (Å²) in [5.41, 5.74) is -2.45. The maximum atomic E-state index is 13.1. The SMILES string of the molecule is CC([C@H]1[C@H](C)OC(=O)N1c1ccc(C#N)c(C(F)(F)F)c1)C(F)(F)F. The molecule has 1 fully saturated rings. The van der Waals surface area contributed by atoms with Gasteiger partial charge in [-0.25, -0.2) is 4.79 Å². The third kappa shape index (κ3) is 3.50. The highest BCUT2D eigenvalue weighted by molar-refractivity contribution is 5.91. The molecule has 0 radical (unpaired) electrons. The fraction of sp³-hybridized carbons (Fsp3) is 0.467. The first kappa shape index (κ1) is 18.9. The number of carbonyl (C=O) groups is 1. The van der Waals surface area contributed by atoms with E-state index in [9.17, 15) is 31.1 Å². The first-order valence-electron chi connectivity index (χ1n) is 7.05. The zero-order valence-electron chi connectivity index (χ0n) is 12.9. The van der Waals surface area contributed by atoms with Crippen LogP contribution in [0.2, 0.25) is 0 Å². The molecule has 1 saturated heterocycles. The van der Waals surface area contributed by atoms with Gasteiger partial charge in [0, 0.05) is 5.69 Å². The van der Waals surface area contributed by atoms with Gasteiger partial charge >= 0.3 is 18.4 Å². The first-order chi connectivity index (χ1) is 11.4. The summed E-state index contributed by atoms with van der Waals surface area (Å²) in [4.78, 5) is 12.5. The number of rotatable bonds is 2. The average molecular weight is 366 g/mol. The molecule has 0 N–H and O–H groups in total. The Balaban J connectivity index is 2.55. The van der Waals surface area contributed by atoms with Crippen molar-refractivity contribution in [1.82, 2.24) is 0 Å². The molecule has 1 aromatic rings. The molecule has 0 bridgehead atoms. The van der Waals surface area contributed by atoms with Crippen LogP contribution in [0.15, 0.2) is 18.2 Å². The number of halogens is 6. The second-order valence-electron chi connectivity index (χ2n) is 5.62. The lowest BCUT2D eigenvalue weighted by Crippen LogP contribution is -2.46. The van der Waals surface area contributed by atoms with Crippen molar-refractivity contribution in [2.75, 3.05) is 4.90 Å². The Morgan fingerprint density at radius 2 is 1.84 bits per heavy atom. The maximum Gasteiger partial charge on any atom is 0.417 e. The van der Waals surface area contributed by atoms with Crippen molar-refractivity contribution in [3.05, 3.63) is 29.3 Å². The number of hydrogen-bond acceptors (Lipinski definition) is 3. The Hall–Kier alpha value is -2.44. The normalized spacial score (nSPS) is 22.5.